The molecule has 1 aliphatic carbocycles. The monoisotopic (exact) mass is 347 g/mol. The number of hydrogen-bond acceptors (Lipinski definition) is 4. The third kappa shape index (κ3) is 2.71. The van der Waals surface area contributed by atoms with Crippen molar-refractivity contribution in [3.8, 4) is 0 Å². The first kappa shape index (κ1) is 17.3. The van der Waals surface area contributed by atoms with E-state index in [1.54, 1.807) is 0 Å². The Morgan fingerprint density at radius 2 is 2.08 bits per heavy atom. The van der Waals surface area contributed by atoms with Crippen molar-refractivity contribution in [1.82, 2.24) is 4.90 Å². The van der Waals surface area contributed by atoms with E-state index >= 15 is 0 Å². The number of hydrogen-bond donors (Lipinski definition) is 1. The number of carbonyl (C=O) groups excluding carboxylic acids is 1. The highest BCUT2D eigenvalue weighted by Crippen LogP contribution is 2.45. The Morgan fingerprint density at radius 1 is 1.38 bits per heavy atom. The Hall–Kier alpha value is -1.54. The minimum absolute atomic E-state index is 0.238. The van der Waals surface area contributed by atoms with Crippen molar-refractivity contribution in [3.63, 3.8) is 0 Å². The molecule has 0 aromatic carbocycles. The molecule has 1 unspecified atom stereocenters. The number of aryl methyl sites for hydroxylation is 1. The molecule has 1 atom stereocenters. The van der Waals surface area contributed by atoms with E-state index in [0.717, 1.165) is 12.5 Å². The van der Waals surface area contributed by atoms with Crippen molar-refractivity contribution < 1.29 is 32.2 Å². The fourth-order valence-electron chi connectivity index (χ4n) is 3.42. The summed E-state index contributed by atoms with van der Waals surface area (Å²) in [5.74, 6) is -1.15. The minimum atomic E-state index is -5.02. The summed E-state index contributed by atoms with van der Waals surface area (Å²) in [5.41, 5.74) is -3.84. The number of carbonyl (C=O) groups is 1. The van der Waals surface area contributed by atoms with Gasteiger partial charge in [0.15, 0.2) is 0 Å². The van der Waals surface area contributed by atoms with Crippen LogP contribution in [0, 0.1) is 6.92 Å². The number of nitrogens with zero attached hydrogens (tertiary/aromatic N) is 1. The van der Waals surface area contributed by atoms with Gasteiger partial charge in [-0.25, -0.2) is 0 Å². The number of alkyl halides is 3. The summed E-state index contributed by atoms with van der Waals surface area (Å²) in [5, 5.41) is 10.3. The fraction of sp³-hybridized carbons (Fsp3) is 0.688. The van der Waals surface area contributed by atoms with E-state index in [4.69, 9.17) is 9.15 Å². The molecule has 1 N–H and O–H groups in total. The normalized spacial score (nSPS) is 23.0. The lowest BCUT2D eigenvalue weighted by molar-refractivity contribution is -0.275. The summed E-state index contributed by atoms with van der Waals surface area (Å²) >= 11 is 0. The van der Waals surface area contributed by atoms with Crippen molar-refractivity contribution in [2.45, 2.75) is 49.9 Å². The van der Waals surface area contributed by atoms with Crippen molar-refractivity contribution in [2.75, 3.05) is 19.8 Å². The molecule has 1 saturated carbocycles. The lowest BCUT2D eigenvalue weighted by Gasteiger charge is -2.53. The van der Waals surface area contributed by atoms with E-state index in [0.29, 0.717) is 19.4 Å². The molecule has 24 heavy (non-hydrogen) atoms. The van der Waals surface area contributed by atoms with Gasteiger partial charge < -0.3 is 19.2 Å². The van der Waals surface area contributed by atoms with E-state index in [-0.39, 0.29) is 18.9 Å². The Kier molecular flexibility index (Phi) is 4.16. The molecule has 8 heteroatoms. The zero-order valence-corrected chi connectivity index (χ0v) is 13.4. The lowest BCUT2D eigenvalue weighted by Crippen LogP contribution is -2.63. The van der Waals surface area contributed by atoms with Crippen LogP contribution in [0.1, 0.15) is 37.2 Å². The van der Waals surface area contributed by atoms with Gasteiger partial charge in [0.2, 0.25) is 11.5 Å². The molecular weight excluding hydrogens is 327 g/mol. The second-order valence-corrected chi connectivity index (χ2v) is 6.62. The third-order valence-electron chi connectivity index (χ3n) is 5.01. The highest BCUT2D eigenvalue weighted by atomic mass is 19.4. The topological polar surface area (TPSA) is 62.9 Å². The summed E-state index contributed by atoms with van der Waals surface area (Å²) < 4.78 is 50.9. The molecule has 2 fully saturated rings. The van der Waals surface area contributed by atoms with Crippen molar-refractivity contribution >= 4 is 5.91 Å². The van der Waals surface area contributed by atoms with E-state index in [1.165, 1.54) is 17.9 Å². The number of halogens is 3. The summed E-state index contributed by atoms with van der Waals surface area (Å²) in [6, 6.07) is 2.40. The molecule has 3 rings (SSSR count). The number of furan rings is 1. The Bertz CT molecular complexity index is 623. The van der Waals surface area contributed by atoms with Gasteiger partial charge in [-0.05, 0) is 38.3 Å². The number of ether oxygens (including phenoxy) is 1. The minimum Gasteiger partial charge on any atom is -0.463 e. The molecule has 5 nitrogen and oxygen atoms in total. The molecule has 1 aromatic rings. The van der Waals surface area contributed by atoms with E-state index in [1.807, 2.05) is 0 Å². The lowest BCUT2D eigenvalue weighted by atomic mass is 9.74. The molecule has 1 aromatic heterocycles. The van der Waals surface area contributed by atoms with E-state index < -0.39 is 35.4 Å². The molecule has 2 aliphatic rings. The van der Waals surface area contributed by atoms with Crippen LogP contribution in [0.4, 0.5) is 13.2 Å². The molecule has 2 heterocycles. The van der Waals surface area contributed by atoms with Crippen LogP contribution < -0.4 is 0 Å². The zero-order valence-electron chi connectivity index (χ0n) is 13.4. The summed E-state index contributed by atoms with van der Waals surface area (Å²) in [7, 11) is 0. The quantitative estimate of drug-likeness (QED) is 0.913. The van der Waals surface area contributed by atoms with E-state index in [2.05, 4.69) is 0 Å². The average molecular weight is 347 g/mol. The first-order valence-corrected chi connectivity index (χ1v) is 7.92. The first-order valence-electron chi connectivity index (χ1n) is 7.92. The van der Waals surface area contributed by atoms with Crippen LogP contribution in [0.25, 0.3) is 0 Å². The molecule has 0 radical (unpaired) electrons. The molecule has 1 saturated heterocycles. The SMILES string of the molecule is Cc1ccc(C(O)(CC(=O)N2CCOCC23CCC3)C(F)(F)F)o1. The van der Waals surface area contributed by atoms with Crippen molar-refractivity contribution in [2.24, 2.45) is 0 Å². The van der Waals surface area contributed by atoms with Gasteiger partial charge in [-0.15, -0.1) is 0 Å². The first-order chi connectivity index (χ1) is 11.2. The van der Waals surface area contributed by atoms with Gasteiger partial charge in [-0.3, -0.25) is 4.79 Å². The second-order valence-electron chi connectivity index (χ2n) is 6.62. The number of amides is 1. The summed E-state index contributed by atoms with van der Waals surface area (Å²) in [6.07, 6.45) is -3.78. The average Bonchev–Trinajstić information content (AvgIpc) is 2.91. The summed E-state index contributed by atoms with van der Waals surface area (Å²) in [4.78, 5) is 14.1. The number of morpholine rings is 1. The van der Waals surface area contributed by atoms with Crippen molar-refractivity contribution in [3.05, 3.63) is 23.7 Å². The number of aliphatic hydroxyl groups is 1. The van der Waals surface area contributed by atoms with Gasteiger partial charge in [0.05, 0.1) is 25.2 Å². The van der Waals surface area contributed by atoms with Crippen LogP contribution in [0.3, 0.4) is 0 Å². The second kappa shape index (κ2) is 5.77. The highest BCUT2D eigenvalue weighted by Gasteiger charge is 2.60. The fourth-order valence-corrected chi connectivity index (χ4v) is 3.42. The van der Waals surface area contributed by atoms with Gasteiger partial charge in [-0.1, -0.05) is 0 Å². The largest absolute Gasteiger partial charge is 0.463 e. The van der Waals surface area contributed by atoms with Crippen LogP contribution in [0.2, 0.25) is 0 Å². The van der Waals surface area contributed by atoms with Crippen molar-refractivity contribution in [1.29, 1.82) is 0 Å². The van der Waals surface area contributed by atoms with Gasteiger partial charge in [-0.2, -0.15) is 13.2 Å². The van der Waals surface area contributed by atoms with E-state index in [9.17, 15) is 23.1 Å². The van der Waals surface area contributed by atoms with Crippen LogP contribution in [0.5, 0.6) is 0 Å². The maximum absolute atomic E-state index is 13.5. The molecule has 1 spiro atoms. The molecule has 0 bridgehead atoms. The van der Waals surface area contributed by atoms with Gasteiger partial charge in [0.25, 0.3) is 0 Å². The Labute approximate surface area is 137 Å². The maximum atomic E-state index is 13.5. The predicted octanol–water partition coefficient (Wildman–Crippen LogP) is 2.51. The smallest absolute Gasteiger partial charge is 0.425 e. The van der Waals surface area contributed by atoms with Crippen LogP contribution in [-0.2, 0) is 15.1 Å². The van der Waals surface area contributed by atoms with Crippen LogP contribution in [0.15, 0.2) is 16.5 Å². The molecule has 134 valence electrons. The molecule has 1 aliphatic heterocycles. The third-order valence-corrected chi connectivity index (χ3v) is 5.01. The van der Waals surface area contributed by atoms with Gasteiger partial charge in [0, 0.05) is 6.54 Å². The Morgan fingerprint density at radius 3 is 2.58 bits per heavy atom. The Balaban J connectivity index is 1.86. The predicted molar refractivity (Wildman–Crippen MR) is 77.1 cm³/mol. The van der Waals surface area contributed by atoms with Gasteiger partial charge >= 0.3 is 6.18 Å². The maximum Gasteiger partial charge on any atom is 0.425 e. The standard InChI is InChI=1S/C16H20F3NO4/c1-11-3-4-12(24-11)15(22,16(17,18)19)9-13(21)20-7-8-23-10-14(20)5-2-6-14/h3-4,22H,2,5-10H2,1H3. The highest BCUT2D eigenvalue weighted by molar-refractivity contribution is 5.79. The zero-order chi connectivity index (χ0) is 17.6. The molecular formula is C16H20F3NO4. The van der Waals surface area contributed by atoms with Crippen LogP contribution >= 0.6 is 0 Å². The molecule has 1 amide bonds. The summed E-state index contributed by atoms with van der Waals surface area (Å²) in [6.45, 7) is 2.35. The van der Waals surface area contributed by atoms with Crippen LogP contribution in [-0.4, -0.2) is 47.4 Å². The van der Waals surface area contributed by atoms with Gasteiger partial charge in [0.1, 0.15) is 11.5 Å². The number of rotatable bonds is 3.